The maximum absolute atomic E-state index is 12.9. The zero-order valence-corrected chi connectivity index (χ0v) is 10.7. The summed E-state index contributed by atoms with van der Waals surface area (Å²) in [7, 11) is 1.56. The number of ether oxygens (including phenoxy) is 1. The van der Waals surface area contributed by atoms with E-state index in [-0.39, 0.29) is 30.5 Å². The number of carbonyl (C=O) groups excluding carboxylic acids is 1. The van der Waals surface area contributed by atoms with Gasteiger partial charge in [-0.1, -0.05) is 6.07 Å². The van der Waals surface area contributed by atoms with Gasteiger partial charge in [-0.3, -0.25) is 4.79 Å². The molecule has 106 valence electrons. The molecule has 0 bridgehead atoms. The van der Waals surface area contributed by atoms with Gasteiger partial charge in [0.2, 0.25) is 11.5 Å². The molecule has 0 atom stereocenters. The largest absolute Gasteiger partial charge is 0.492 e. The van der Waals surface area contributed by atoms with Crippen LogP contribution in [0.25, 0.3) is 0 Å². The van der Waals surface area contributed by atoms with E-state index in [1.165, 1.54) is 17.0 Å². The van der Waals surface area contributed by atoms with Crippen molar-refractivity contribution in [3.05, 3.63) is 35.8 Å². The van der Waals surface area contributed by atoms with Crippen LogP contribution in [0.5, 0.6) is 5.75 Å². The van der Waals surface area contributed by atoms with E-state index in [0.29, 0.717) is 5.75 Å². The third kappa shape index (κ3) is 3.22. The summed E-state index contributed by atoms with van der Waals surface area (Å²) in [6, 6.07) is 5.76. The second-order valence-electron chi connectivity index (χ2n) is 4.03. The zero-order valence-electron chi connectivity index (χ0n) is 10.7. The van der Waals surface area contributed by atoms with Crippen LogP contribution >= 0.6 is 0 Å². The first-order valence-corrected chi connectivity index (χ1v) is 5.80. The molecule has 1 amide bonds. The van der Waals surface area contributed by atoms with Crippen molar-refractivity contribution in [2.45, 2.75) is 0 Å². The highest BCUT2D eigenvalue weighted by Crippen LogP contribution is 2.12. The smallest absolute Gasteiger partial charge is 0.279 e. The van der Waals surface area contributed by atoms with Gasteiger partial charge in [-0.25, -0.2) is 9.02 Å². The Labute approximate surface area is 114 Å². The van der Waals surface area contributed by atoms with Crippen molar-refractivity contribution in [3.8, 4) is 5.75 Å². The SMILES string of the molecule is CN(CCOc1cccc(F)c1)C(=O)c1nonc1N. The molecule has 7 nitrogen and oxygen atoms in total. The molecule has 0 spiro atoms. The van der Waals surface area contributed by atoms with Crippen LogP contribution in [0.2, 0.25) is 0 Å². The molecule has 2 N–H and O–H groups in total. The molecule has 0 aliphatic heterocycles. The van der Waals surface area contributed by atoms with Crippen LogP contribution in [0.1, 0.15) is 10.5 Å². The topological polar surface area (TPSA) is 94.5 Å². The first-order chi connectivity index (χ1) is 9.58. The van der Waals surface area contributed by atoms with Gasteiger partial charge in [-0.2, -0.15) is 0 Å². The molecular weight excluding hydrogens is 267 g/mol. The summed E-state index contributed by atoms with van der Waals surface area (Å²) in [5, 5.41) is 6.75. The Morgan fingerprint density at radius 2 is 2.30 bits per heavy atom. The summed E-state index contributed by atoms with van der Waals surface area (Å²) in [6.45, 7) is 0.485. The summed E-state index contributed by atoms with van der Waals surface area (Å²) >= 11 is 0. The zero-order chi connectivity index (χ0) is 14.5. The molecular formula is C12H13FN4O3. The van der Waals surface area contributed by atoms with Crippen molar-refractivity contribution < 1.29 is 18.6 Å². The van der Waals surface area contributed by atoms with Gasteiger partial charge in [0.05, 0.1) is 6.54 Å². The molecule has 0 fully saturated rings. The summed E-state index contributed by atoms with van der Waals surface area (Å²) in [6.07, 6.45) is 0. The number of benzene rings is 1. The fraction of sp³-hybridized carbons (Fsp3) is 0.250. The molecule has 0 saturated carbocycles. The molecule has 0 unspecified atom stereocenters. The van der Waals surface area contributed by atoms with Gasteiger partial charge in [0, 0.05) is 13.1 Å². The van der Waals surface area contributed by atoms with Crippen LogP contribution in [0.3, 0.4) is 0 Å². The van der Waals surface area contributed by atoms with Crippen LogP contribution in [0, 0.1) is 5.82 Å². The highest BCUT2D eigenvalue weighted by molar-refractivity contribution is 5.95. The maximum atomic E-state index is 12.9. The molecule has 1 aromatic heterocycles. The number of hydrogen-bond donors (Lipinski definition) is 1. The van der Waals surface area contributed by atoms with E-state index >= 15 is 0 Å². The average Bonchev–Trinajstić information content (AvgIpc) is 2.84. The number of amides is 1. The second kappa shape index (κ2) is 6.00. The standard InChI is InChI=1S/C12H13FN4O3/c1-17(12(18)10-11(14)16-20-15-10)5-6-19-9-4-2-3-8(13)7-9/h2-4,7H,5-6H2,1H3,(H2,14,16). The molecule has 0 aliphatic rings. The summed E-state index contributed by atoms with van der Waals surface area (Å²) in [4.78, 5) is 13.2. The lowest BCUT2D eigenvalue weighted by Gasteiger charge is -2.16. The lowest BCUT2D eigenvalue weighted by molar-refractivity contribution is 0.0763. The molecule has 0 radical (unpaired) electrons. The van der Waals surface area contributed by atoms with E-state index in [2.05, 4.69) is 14.9 Å². The van der Waals surface area contributed by atoms with Crippen molar-refractivity contribution in [2.75, 3.05) is 25.9 Å². The van der Waals surface area contributed by atoms with Crippen molar-refractivity contribution in [2.24, 2.45) is 0 Å². The van der Waals surface area contributed by atoms with Gasteiger partial charge in [-0.05, 0) is 22.4 Å². The predicted octanol–water partition coefficient (Wildman–Crippen LogP) is 0.942. The Morgan fingerprint density at radius 3 is 2.95 bits per heavy atom. The molecule has 2 rings (SSSR count). The van der Waals surface area contributed by atoms with E-state index in [0.717, 1.165) is 0 Å². The Balaban J connectivity index is 1.85. The molecule has 20 heavy (non-hydrogen) atoms. The van der Waals surface area contributed by atoms with Crippen molar-refractivity contribution in [3.63, 3.8) is 0 Å². The summed E-state index contributed by atoms with van der Waals surface area (Å²) in [5.41, 5.74) is 5.38. The summed E-state index contributed by atoms with van der Waals surface area (Å²) < 4.78 is 22.6. The Kier molecular flexibility index (Phi) is 4.14. The third-order valence-corrected chi connectivity index (χ3v) is 2.55. The number of anilines is 1. The van der Waals surface area contributed by atoms with Crippen LogP contribution in [0.4, 0.5) is 10.2 Å². The van der Waals surface area contributed by atoms with E-state index < -0.39 is 5.91 Å². The quantitative estimate of drug-likeness (QED) is 0.876. The number of aromatic nitrogens is 2. The number of rotatable bonds is 5. The molecule has 0 aliphatic carbocycles. The van der Waals surface area contributed by atoms with Crippen molar-refractivity contribution >= 4 is 11.7 Å². The minimum Gasteiger partial charge on any atom is -0.492 e. The normalized spacial score (nSPS) is 10.3. The number of likely N-dealkylation sites (N-methyl/N-ethyl adjacent to an activating group) is 1. The van der Waals surface area contributed by atoms with E-state index in [1.807, 2.05) is 0 Å². The molecule has 8 heteroatoms. The Morgan fingerprint density at radius 1 is 1.50 bits per heavy atom. The monoisotopic (exact) mass is 280 g/mol. The fourth-order valence-corrected chi connectivity index (χ4v) is 1.48. The number of nitrogens with two attached hydrogens (primary N) is 1. The molecule has 1 heterocycles. The number of halogens is 1. The number of hydrogen-bond acceptors (Lipinski definition) is 6. The highest BCUT2D eigenvalue weighted by atomic mass is 19.1. The van der Waals surface area contributed by atoms with Gasteiger partial charge in [0.15, 0.2) is 0 Å². The number of carbonyl (C=O) groups is 1. The average molecular weight is 280 g/mol. The fourth-order valence-electron chi connectivity index (χ4n) is 1.48. The van der Waals surface area contributed by atoms with Crippen molar-refractivity contribution in [1.82, 2.24) is 15.2 Å². The van der Waals surface area contributed by atoms with Crippen LogP contribution < -0.4 is 10.5 Å². The van der Waals surface area contributed by atoms with E-state index in [4.69, 9.17) is 10.5 Å². The van der Waals surface area contributed by atoms with Gasteiger partial charge in [0.25, 0.3) is 5.91 Å². The lowest BCUT2D eigenvalue weighted by Crippen LogP contribution is -2.31. The Hall–Kier alpha value is -2.64. The lowest BCUT2D eigenvalue weighted by atomic mass is 10.3. The second-order valence-corrected chi connectivity index (χ2v) is 4.03. The molecule has 1 aromatic carbocycles. The molecule has 2 aromatic rings. The first kappa shape index (κ1) is 13.8. The Bertz CT molecular complexity index is 602. The predicted molar refractivity (Wildman–Crippen MR) is 67.6 cm³/mol. The minimum atomic E-state index is -0.424. The molecule has 0 saturated heterocycles. The number of nitrogens with zero attached hydrogens (tertiary/aromatic N) is 3. The van der Waals surface area contributed by atoms with Crippen LogP contribution in [-0.2, 0) is 0 Å². The van der Waals surface area contributed by atoms with Crippen molar-refractivity contribution in [1.29, 1.82) is 0 Å². The highest BCUT2D eigenvalue weighted by Gasteiger charge is 2.19. The van der Waals surface area contributed by atoms with Crippen LogP contribution in [0.15, 0.2) is 28.9 Å². The van der Waals surface area contributed by atoms with Gasteiger partial charge in [0.1, 0.15) is 18.2 Å². The van der Waals surface area contributed by atoms with E-state index in [1.54, 1.807) is 19.2 Å². The van der Waals surface area contributed by atoms with Gasteiger partial charge < -0.3 is 15.4 Å². The third-order valence-electron chi connectivity index (χ3n) is 2.55. The summed E-state index contributed by atoms with van der Waals surface area (Å²) in [5.74, 6) is -0.471. The first-order valence-electron chi connectivity index (χ1n) is 5.80. The van der Waals surface area contributed by atoms with Gasteiger partial charge in [-0.15, -0.1) is 0 Å². The number of nitrogen functional groups attached to an aromatic ring is 1. The minimum absolute atomic E-state index is 0.0433. The van der Waals surface area contributed by atoms with Crippen LogP contribution in [-0.4, -0.2) is 41.3 Å². The van der Waals surface area contributed by atoms with Gasteiger partial charge >= 0.3 is 0 Å². The maximum Gasteiger partial charge on any atom is 0.279 e. The van der Waals surface area contributed by atoms with E-state index in [9.17, 15) is 9.18 Å².